The van der Waals surface area contributed by atoms with Crippen LogP contribution in [0, 0.1) is 0 Å². The number of carboxylic acid groups (broad SMARTS) is 1. The van der Waals surface area contributed by atoms with E-state index in [0.717, 1.165) is 23.0 Å². The zero-order valence-corrected chi connectivity index (χ0v) is 18.2. The van der Waals surface area contributed by atoms with Gasteiger partial charge in [0.15, 0.2) is 6.29 Å². The highest BCUT2D eigenvalue weighted by Gasteiger charge is 2.40. The third-order valence-corrected chi connectivity index (χ3v) is 5.66. The summed E-state index contributed by atoms with van der Waals surface area (Å²) in [6.07, 6.45) is 3.15. The summed E-state index contributed by atoms with van der Waals surface area (Å²) in [4.78, 5) is 13.5. The van der Waals surface area contributed by atoms with E-state index in [1.54, 1.807) is 0 Å². The Morgan fingerprint density at radius 2 is 1.75 bits per heavy atom. The molecule has 0 aromatic heterocycles. The van der Waals surface area contributed by atoms with Crippen LogP contribution in [0.4, 0.5) is 4.79 Å². The van der Waals surface area contributed by atoms with Gasteiger partial charge in [0, 0.05) is 19.8 Å². The first kappa shape index (κ1) is 22.5. The fourth-order valence-corrected chi connectivity index (χ4v) is 3.77. The second kappa shape index (κ2) is 10.3. The number of benzene rings is 2. The third kappa shape index (κ3) is 5.58. The van der Waals surface area contributed by atoms with Gasteiger partial charge in [-0.05, 0) is 36.0 Å². The fraction of sp³-hybridized carbons (Fsp3) is 0.375. The second-order valence-electron chi connectivity index (χ2n) is 8.29. The number of carbonyl (C=O) groups is 1. The quantitative estimate of drug-likeness (QED) is 0.700. The Kier molecular flexibility index (Phi) is 7.27. The number of ether oxygens (including phenoxy) is 2. The number of rotatable bonds is 6. The summed E-state index contributed by atoms with van der Waals surface area (Å²) in [5, 5.41) is 9.89. The number of amides is 1. The zero-order valence-electron chi connectivity index (χ0n) is 18.2. The van der Waals surface area contributed by atoms with Crippen molar-refractivity contribution in [2.45, 2.75) is 31.7 Å². The van der Waals surface area contributed by atoms with Gasteiger partial charge in [-0.15, -0.1) is 0 Å². The standard InChI is InChI=1S/C24H28BNO6/c1-24(17-29-22(30-18-24)13-10-19-6-3-2-4-7-19)26(23(27)28)16-20-8-11-21(12-9-20)25-31-14-5-15-32-25/h2-4,6-13,22H,5,14-18H2,1H3,(H,27,28). The average molecular weight is 437 g/mol. The Bertz CT molecular complexity index is 906. The van der Waals surface area contributed by atoms with Crippen molar-refractivity contribution in [1.82, 2.24) is 4.90 Å². The molecule has 0 saturated carbocycles. The lowest BCUT2D eigenvalue weighted by Gasteiger charge is -2.43. The molecular weight excluding hydrogens is 409 g/mol. The first-order valence-corrected chi connectivity index (χ1v) is 10.8. The smallest absolute Gasteiger partial charge is 0.465 e. The molecule has 1 amide bonds. The first-order valence-electron chi connectivity index (χ1n) is 10.8. The predicted octanol–water partition coefficient (Wildman–Crippen LogP) is 3.14. The van der Waals surface area contributed by atoms with Crippen LogP contribution in [0.1, 0.15) is 24.5 Å². The van der Waals surface area contributed by atoms with Crippen LogP contribution < -0.4 is 5.46 Å². The van der Waals surface area contributed by atoms with E-state index in [9.17, 15) is 9.90 Å². The van der Waals surface area contributed by atoms with Gasteiger partial charge in [-0.1, -0.05) is 60.7 Å². The summed E-state index contributed by atoms with van der Waals surface area (Å²) in [6.45, 7) is 3.92. The normalized spacial score (nSPS) is 23.9. The lowest BCUT2D eigenvalue weighted by molar-refractivity contribution is -0.204. The van der Waals surface area contributed by atoms with E-state index in [4.69, 9.17) is 18.8 Å². The van der Waals surface area contributed by atoms with Gasteiger partial charge in [0.2, 0.25) is 0 Å². The van der Waals surface area contributed by atoms with Crippen LogP contribution in [-0.4, -0.2) is 61.5 Å². The van der Waals surface area contributed by atoms with E-state index in [1.807, 2.05) is 73.7 Å². The molecule has 2 fully saturated rings. The van der Waals surface area contributed by atoms with Crippen LogP contribution in [0.2, 0.25) is 0 Å². The van der Waals surface area contributed by atoms with Crippen LogP contribution in [0.3, 0.4) is 0 Å². The van der Waals surface area contributed by atoms with Gasteiger partial charge < -0.3 is 23.9 Å². The summed E-state index contributed by atoms with van der Waals surface area (Å²) in [6, 6.07) is 17.5. The van der Waals surface area contributed by atoms with Gasteiger partial charge in [0.1, 0.15) is 0 Å². The molecule has 7 nitrogen and oxygen atoms in total. The molecule has 8 heteroatoms. The predicted molar refractivity (Wildman–Crippen MR) is 121 cm³/mol. The fourth-order valence-electron chi connectivity index (χ4n) is 3.77. The van der Waals surface area contributed by atoms with Gasteiger partial charge in [0.05, 0.1) is 18.8 Å². The van der Waals surface area contributed by atoms with Gasteiger partial charge in [-0.3, -0.25) is 4.90 Å². The van der Waals surface area contributed by atoms with Crippen LogP contribution in [0.25, 0.3) is 6.08 Å². The second-order valence-corrected chi connectivity index (χ2v) is 8.29. The third-order valence-electron chi connectivity index (χ3n) is 5.66. The monoisotopic (exact) mass is 437 g/mol. The summed E-state index contributed by atoms with van der Waals surface area (Å²) in [5.41, 5.74) is 2.06. The lowest BCUT2D eigenvalue weighted by Crippen LogP contribution is -2.58. The molecule has 2 aromatic carbocycles. The molecule has 32 heavy (non-hydrogen) atoms. The van der Waals surface area contributed by atoms with E-state index in [0.29, 0.717) is 13.2 Å². The van der Waals surface area contributed by atoms with Crippen molar-refractivity contribution < 1.29 is 28.7 Å². The van der Waals surface area contributed by atoms with Gasteiger partial charge in [0.25, 0.3) is 0 Å². The molecular formula is C24H28BNO6. The molecule has 2 saturated heterocycles. The van der Waals surface area contributed by atoms with Crippen molar-refractivity contribution in [2.24, 2.45) is 0 Å². The molecule has 2 aliphatic heterocycles. The summed E-state index contributed by atoms with van der Waals surface area (Å²) in [5.74, 6) is 0. The minimum absolute atomic E-state index is 0.232. The molecule has 2 heterocycles. The molecule has 0 radical (unpaired) electrons. The lowest BCUT2D eigenvalue weighted by atomic mass is 9.78. The molecule has 2 aromatic rings. The maximum Gasteiger partial charge on any atom is 0.493 e. The Hall–Kier alpha value is -2.65. The molecule has 0 spiro atoms. The van der Waals surface area contributed by atoms with Crippen LogP contribution in [0.15, 0.2) is 60.7 Å². The number of hydrogen-bond donors (Lipinski definition) is 1. The van der Waals surface area contributed by atoms with Gasteiger partial charge in [-0.2, -0.15) is 0 Å². The largest absolute Gasteiger partial charge is 0.493 e. The van der Waals surface area contributed by atoms with Crippen molar-refractivity contribution >= 4 is 24.8 Å². The van der Waals surface area contributed by atoms with E-state index in [-0.39, 0.29) is 26.9 Å². The van der Waals surface area contributed by atoms with E-state index >= 15 is 0 Å². The van der Waals surface area contributed by atoms with Crippen LogP contribution >= 0.6 is 0 Å². The molecule has 0 atom stereocenters. The Labute approximate surface area is 188 Å². The molecule has 4 rings (SSSR count). The van der Waals surface area contributed by atoms with E-state index < -0.39 is 17.9 Å². The van der Waals surface area contributed by atoms with Crippen molar-refractivity contribution in [3.63, 3.8) is 0 Å². The van der Waals surface area contributed by atoms with Gasteiger partial charge >= 0.3 is 13.2 Å². The number of nitrogens with zero attached hydrogens (tertiary/aromatic N) is 1. The van der Waals surface area contributed by atoms with Crippen molar-refractivity contribution in [3.8, 4) is 0 Å². The Morgan fingerprint density at radius 1 is 1.09 bits per heavy atom. The maximum atomic E-state index is 12.1. The Balaban J connectivity index is 1.37. The summed E-state index contributed by atoms with van der Waals surface area (Å²) in [7, 11) is -0.355. The molecule has 2 aliphatic rings. The SMILES string of the molecule is CC1(N(Cc2ccc(B3OCCCO3)cc2)C(=O)O)COC(C=Cc2ccccc2)OC1. The summed E-state index contributed by atoms with van der Waals surface area (Å²) >= 11 is 0. The molecule has 0 unspecified atom stereocenters. The summed E-state index contributed by atoms with van der Waals surface area (Å²) < 4.78 is 22.9. The highest BCUT2D eigenvalue weighted by atomic mass is 16.7. The van der Waals surface area contributed by atoms with Crippen LogP contribution in [0.5, 0.6) is 0 Å². The maximum absolute atomic E-state index is 12.1. The molecule has 1 N–H and O–H groups in total. The van der Waals surface area contributed by atoms with E-state index in [1.165, 1.54) is 4.90 Å². The number of hydrogen-bond acceptors (Lipinski definition) is 5. The molecule has 168 valence electrons. The highest BCUT2D eigenvalue weighted by Crippen LogP contribution is 2.25. The molecule has 0 aliphatic carbocycles. The van der Waals surface area contributed by atoms with Gasteiger partial charge in [-0.25, -0.2) is 4.79 Å². The van der Waals surface area contributed by atoms with Crippen molar-refractivity contribution in [3.05, 3.63) is 71.8 Å². The average Bonchev–Trinajstić information content (AvgIpc) is 2.83. The minimum Gasteiger partial charge on any atom is -0.465 e. The van der Waals surface area contributed by atoms with Crippen LogP contribution in [-0.2, 0) is 25.3 Å². The molecule has 0 bridgehead atoms. The zero-order chi connectivity index (χ0) is 22.4. The Morgan fingerprint density at radius 3 is 2.38 bits per heavy atom. The van der Waals surface area contributed by atoms with Crippen molar-refractivity contribution in [2.75, 3.05) is 26.4 Å². The topological polar surface area (TPSA) is 77.5 Å². The highest BCUT2D eigenvalue weighted by molar-refractivity contribution is 6.61. The van der Waals surface area contributed by atoms with E-state index in [2.05, 4.69) is 0 Å². The van der Waals surface area contributed by atoms with Crippen molar-refractivity contribution in [1.29, 1.82) is 0 Å². The first-order chi connectivity index (χ1) is 15.5. The minimum atomic E-state index is -1.01.